The molecule has 0 aromatic carbocycles. The van der Waals surface area contributed by atoms with Gasteiger partial charge in [-0.15, -0.1) is 0 Å². The van der Waals surface area contributed by atoms with Gasteiger partial charge in [-0.25, -0.2) is 4.98 Å². The van der Waals surface area contributed by atoms with Crippen LogP contribution in [0, 0.1) is 11.3 Å². The highest BCUT2D eigenvalue weighted by molar-refractivity contribution is 6.34. The zero-order valence-corrected chi connectivity index (χ0v) is 9.67. The molecule has 4 heteroatoms. The van der Waals surface area contributed by atoms with Crippen molar-refractivity contribution in [2.45, 2.75) is 32.7 Å². The van der Waals surface area contributed by atoms with E-state index in [-0.39, 0.29) is 0 Å². The van der Waals surface area contributed by atoms with Gasteiger partial charge in [-0.05, 0) is 19.4 Å². The lowest BCUT2D eigenvalue weighted by Gasteiger charge is -2.14. The minimum atomic E-state index is 0.314. The standard InChI is InChI=1S/C11H14ClN3/c1-3-4-8(2)15-11-10(12)9(7-13)5-6-14-11/h5-6,8H,3-4H2,1-2H3,(H,14,15). The third-order valence-corrected chi connectivity index (χ3v) is 2.50. The highest BCUT2D eigenvalue weighted by Gasteiger charge is 2.09. The summed E-state index contributed by atoms with van der Waals surface area (Å²) < 4.78 is 0. The zero-order chi connectivity index (χ0) is 11.3. The lowest BCUT2D eigenvalue weighted by Crippen LogP contribution is -2.15. The van der Waals surface area contributed by atoms with E-state index in [1.807, 2.05) is 6.07 Å². The Morgan fingerprint density at radius 1 is 1.67 bits per heavy atom. The number of anilines is 1. The molecule has 0 bridgehead atoms. The van der Waals surface area contributed by atoms with Crippen LogP contribution in [-0.4, -0.2) is 11.0 Å². The first-order chi connectivity index (χ1) is 7.19. The Morgan fingerprint density at radius 2 is 2.40 bits per heavy atom. The molecule has 1 atom stereocenters. The van der Waals surface area contributed by atoms with Crippen molar-refractivity contribution in [1.29, 1.82) is 5.26 Å². The van der Waals surface area contributed by atoms with Gasteiger partial charge in [0.1, 0.15) is 16.9 Å². The molecule has 0 saturated heterocycles. The summed E-state index contributed by atoms with van der Waals surface area (Å²) in [5.74, 6) is 0.594. The summed E-state index contributed by atoms with van der Waals surface area (Å²) in [6.07, 6.45) is 3.74. The summed E-state index contributed by atoms with van der Waals surface area (Å²) in [5, 5.41) is 12.4. The number of pyridine rings is 1. The lowest BCUT2D eigenvalue weighted by molar-refractivity contribution is 0.687. The highest BCUT2D eigenvalue weighted by Crippen LogP contribution is 2.23. The highest BCUT2D eigenvalue weighted by atomic mass is 35.5. The van der Waals surface area contributed by atoms with E-state index >= 15 is 0 Å². The van der Waals surface area contributed by atoms with Crippen molar-refractivity contribution < 1.29 is 0 Å². The maximum Gasteiger partial charge on any atom is 0.146 e. The number of nitrogens with zero attached hydrogens (tertiary/aromatic N) is 2. The van der Waals surface area contributed by atoms with Crippen molar-refractivity contribution in [2.75, 3.05) is 5.32 Å². The van der Waals surface area contributed by atoms with Crippen LogP contribution >= 0.6 is 11.6 Å². The van der Waals surface area contributed by atoms with E-state index in [2.05, 4.69) is 24.1 Å². The topological polar surface area (TPSA) is 48.7 Å². The van der Waals surface area contributed by atoms with E-state index in [1.165, 1.54) is 0 Å². The van der Waals surface area contributed by atoms with E-state index in [0.29, 0.717) is 22.4 Å². The van der Waals surface area contributed by atoms with Crippen molar-refractivity contribution in [3.05, 3.63) is 22.8 Å². The number of hydrogen-bond donors (Lipinski definition) is 1. The minimum Gasteiger partial charge on any atom is -0.366 e. The van der Waals surface area contributed by atoms with Gasteiger partial charge in [0.2, 0.25) is 0 Å². The van der Waals surface area contributed by atoms with Crippen molar-refractivity contribution >= 4 is 17.4 Å². The molecule has 0 spiro atoms. The van der Waals surface area contributed by atoms with Gasteiger partial charge in [-0.1, -0.05) is 24.9 Å². The van der Waals surface area contributed by atoms with Crippen LogP contribution in [0.25, 0.3) is 0 Å². The van der Waals surface area contributed by atoms with Crippen LogP contribution in [-0.2, 0) is 0 Å². The summed E-state index contributed by atoms with van der Waals surface area (Å²) in [6, 6.07) is 3.95. The van der Waals surface area contributed by atoms with Crippen LogP contribution in [0.15, 0.2) is 12.3 Å². The first-order valence-corrected chi connectivity index (χ1v) is 5.38. The molecule has 0 fully saturated rings. The fourth-order valence-electron chi connectivity index (χ4n) is 1.37. The Kier molecular flexibility index (Phi) is 4.38. The Labute approximate surface area is 95.1 Å². The average Bonchev–Trinajstić information content (AvgIpc) is 2.21. The van der Waals surface area contributed by atoms with Crippen LogP contribution in [0.1, 0.15) is 32.3 Å². The second-order valence-electron chi connectivity index (χ2n) is 3.47. The number of aromatic nitrogens is 1. The molecule has 3 nitrogen and oxygen atoms in total. The normalized spacial score (nSPS) is 11.9. The fraction of sp³-hybridized carbons (Fsp3) is 0.455. The van der Waals surface area contributed by atoms with Gasteiger partial charge in [0, 0.05) is 12.2 Å². The van der Waals surface area contributed by atoms with Gasteiger partial charge < -0.3 is 5.32 Å². The molecule has 0 radical (unpaired) electrons. The number of nitriles is 1. The molecular formula is C11H14ClN3. The van der Waals surface area contributed by atoms with E-state index in [4.69, 9.17) is 16.9 Å². The molecule has 0 aliphatic carbocycles. The third kappa shape index (κ3) is 3.10. The van der Waals surface area contributed by atoms with Crippen LogP contribution in [0.5, 0.6) is 0 Å². The lowest BCUT2D eigenvalue weighted by atomic mass is 10.2. The quantitative estimate of drug-likeness (QED) is 0.853. The molecule has 0 aliphatic rings. The van der Waals surface area contributed by atoms with Gasteiger partial charge in [0.25, 0.3) is 0 Å². The largest absolute Gasteiger partial charge is 0.366 e. The molecule has 1 rings (SSSR count). The third-order valence-electron chi connectivity index (χ3n) is 2.11. The number of rotatable bonds is 4. The molecular weight excluding hydrogens is 210 g/mol. The number of hydrogen-bond acceptors (Lipinski definition) is 3. The molecule has 0 saturated carbocycles. The smallest absolute Gasteiger partial charge is 0.146 e. The molecule has 1 heterocycles. The number of halogens is 1. The monoisotopic (exact) mass is 223 g/mol. The van der Waals surface area contributed by atoms with Gasteiger partial charge in [-0.3, -0.25) is 0 Å². The van der Waals surface area contributed by atoms with E-state index in [9.17, 15) is 0 Å². The van der Waals surface area contributed by atoms with Crippen LogP contribution in [0.4, 0.5) is 5.82 Å². The van der Waals surface area contributed by atoms with Gasteiger partial charge in [-0.2, -0.15) is 5.26 Å². The second-order valence-corrected chi connectivity index (χ2v) is 3.84. The Balaban J connectivity index is 2.82. The summed E-state index contributed by atoms with van der Waals surface area (Å²) in [4.78, 5) is 4.11. The maximum absolute atomic E-state index is 8.79. The van der Waals surface area contributed by atoms with Crippen LogP contribution < -0.4 is 5.32 Å². The van der Waals surface area contributed by atoms with Crippen molar-refractivity contribution in [1.82, 2.24) is 4.98 Å². The molecule has 1 unspecified atom stereocenters. The maximum atomic E-state index is 8.79. The Hall–Kier alpha value is -1.27. The van der Waals surface area contributed by atoms with Gasteiger partial charge in [0.15, 0.2) is 0 Å². The van der Waals surface area contributed by atoms with E-state index in [1.54, 1.807) is 12.3 Å². The van der Waals surface area contributed by atoms with Crippen molar-refractivity contribution in [3.8, 4) is 6.07 Å². The Bertz CT molecular complexity index is 371. The molecule has 0 amide bonds. The first-order valence-electron chi connectivity index (χ1n) is 5.00. The Morgan fingerprint density at radius 3 is 3.00 bits per heavy atom. The summed E-state index contributed by atoms with van der Waals surface area (Å²) in [7, 11) is 0. The predicted octanol–water partition coefficient (Wildman–Crippen LogP) is 3.21. The van der Waals surface area contributed by atoms with Gasteiger partial charge in [0.05, 0.1) is 5.56 Å². The van der Waals surface area contributed by atoms with Crippen LogP contribution in [0.3, 0.4) is 0 Å². The summed E-state index contributed by atoms with van der Waals surface area (Å²) in [6.45, 7) is 4.19. The van der Waals surface area contributed by atoms with Crippen molar-refractivity contribution in [3.63, 3.8) is 0 Å². The van der Waals surface area contributed by atoms with E-state index in [0.717, 1.165) is 12.8 Å². The summed E-state index contributed by atoms with van der Waals surface area (Å²) >= 11 is 6.01. The molecule has 0 aliphatic heterocycles. The molecule has 1 N–H and O–H groups in total. The SMILES string of the molecule is CCCC(C)Nc1nccc(C#N)c1Cl. The fourth-order valence-corrected chi connectivity index (χ4v) is 1.58. The minimum absolute atomic E-state index is 0.314. The molecule has 15 heavy (non-hydrogen) atoms. The second kappa shape index (κ2) is 5.57. The van der Waals surface area contributed by atoms with Gasteiger partial charge >= 0.3 is 0 Å². The average molecular weight is 224 g/mol. The predicted molar refractivity (Wildman–Crippen MR) is 62.0 cm³/mol. The summed E-state index contributed by atoms with van der Waals surface area (Å²) in [5.41, 5.74) is 0.456. The molecule has 1 aromatic rings. The van der Waals surface area contributed by atoms with Crippen LogP contribution in [0.2, 0.25) is 5.02 Å². The van der Waals surface area contributed by atoms with E-state index < -0.39 is 0 Å². The number of nitrogens with one attached hydrogen (secondary N) is 1. The first kappa shape index (κ1) is 11.8. The zero-order valence-electron chi connectivity index (χ0n) is 8.92. The molecule has 80 valence electrons. The van der Waals surface area contributed by atoms with Crippen molar-refractivity contribution in [2.24, 2.45) is 0 Å². The molecule has 1 aromatic heterocycles.